The third-order valence-electron chi connectivity index (χ3n) is 5.22. The summed E-state index contributed by atoms with van der Waals surface area (Å²) in [5, 5.41) is 8.19. The van der Waals surface area contributed by atoms with E-state index in [0.29, 0.717) is 12.5 Å². The van der Waals surface area contributed by atoms with Gasteiger partial charge in [-0.05, 0) is 41.0 Å². The van der Waals surface area contributed by atoms with Gasteiger partial charge in [-0.2, -0.15) is 0 Å². The highest BCUT2D eigenvalue weighted by Crippen LogP contribution is 2.32. The molecule has 5 heteroatoms. The van der Waals surface area contributed by atoms with E-state index >= 15 is 0 Å². The lowest BCUT2D eigenvalue weighted by molar-refractivity contribution is -0.130. The normalized spacial score (nSPS) is 16.1. The van der Waals surface area contributed by atoms with Gasteiger partial charge in [-0.3, -0.25) is 9.59 Å². The molecule has 0 spiro atoms. The van der Waals surface area contributed by atoms with Gasteiger partial charge < -0.3 is 16.4 Å². The molecule has 3 rings (SSSR count). The molecular weight excluding hydrogens is 338 g/mol. The molecule has 0 bridgehead atoms. The molecule has 0 heterocycles. The van der Waals surface area contributed by atoms with Gasteiger partial charge in [0, 0.05) is 12.6 Å². The van der Waals surface area contributed by atoms with Crippen LogP contribution in [0.25, 0.3) is 10.8 Å². The lowest BCUT2D eigenvalue weighted by Crippen LogP contribution is -2.54. The molecule has 5 nitrogen and oxygen atoms in total. The molecule has 0 aromatic heterocycles. The average Bonchev–Trinajstić information content (AvgIpc) is 3.48. The van der Waals surface area contributed by atoms with Crippen molar-refractivity contribution in [2.75, 3.05) is 6.54 Å². The highest BCUT2D eigenvalue weighted by atomic mass is 16.2. The van der Waals surface area contributed by atoms with Crippen molar-refractivity contribution in [1.29, 1.82) is 0 Å². The van der Waals surface area contributed by atoms with E-state index in [1.165, 1.54) is 0 Å². The second kappa shape index (κ2) is 8.53. The Balaban J connectivity index is 1.62. The standard InChI is InChI=1S/C22H29N3O2/c1-14(2)21(22(27)24-19(13-23)17-9-10-17)25-20(26)12-15-7-8-16-5-3-4-6-18(16)11-15/h3-8,11,14,17,19,21H,9-10,12-13,23H2,1-2H3,(H,24,27)(H,25,26). The number of nitrogens with one attached hydrogen (secondary N) is 2. The highest BCUT2D eigenvalue weighted by molar-refractivity contribution is 5.90. The number of nitrogens with two attached hydrogens (primary N) is 1. The summed E-state index contributed by atoms with van der Waals surface area (Å²) in [5.74, 6) is 0.206. The largest absolute Gasteiger partial charge is 0.350 e. The van der Waals surface area contributed by atoms with Crippen molar-refractivity contribution in [3.8, 4) is 0 Å². The van der Waals surface area contributed by atoms with Crippen LogP contribution >= 0.6 is 0 Å². The molecule has 1 aliphatic carbocycles. The van der Waals surface area contributed by atoms with Crippen LogP contribution < -0.4 is 16.4 Å². The maximum absolute atomic E-state index is 12.7. The molecule has 0 radical (unpaired) electrons. The number of rotatable bonds is 8. The zero-order chi connectivity index (χ0) is 19.4. The van der Waals surface area contributed by atoms with Crippen LogP contribution in [0.2, 0.25) is 0 Å². The summed E-state index contributed by atoms with van der Waals surface area (Å²) in [6.45, 7) is 4.32. The van der Waals surface area contributed by atoms with Gasteiger partial charge in [0.25, 0.3) is 0 Å². The van der Waals surface area contributed by atoms with Crippen molar-refractivity contribution < 1.29 is 9.59 Å². The number of benzene rings is 2. The van der Waals surface area contributed by atoms with E-state index in [9.17, 15) is 9.59 Å². The van der Waals surface area contributed by atoms with E-state index in [4.69, 9.17) is 5.73 Å². The Labute approximate surface area is 160 Å². The Morgan fingerprint density at radius 3 is 2.41 bits per heavy atom. The number of carbonyl (C=O) groups excluding carboxylic acids is 2. The fourth-order valence-corrected chi connectivity index (χ4v) is 3.43. The third-order valence-corrected chi connectivity index (χ3v) is 5.22. The molecule has 1 saturated carbocycles. The van der Waals surface area contributed by atoms with Crippen molar-refractivity contribution in [3.05, 3.63) is 48.0 Å². The highest BCUT2D eigenvalue weighted by Gasteiger charge is 2.33. The summed E-state index contributed by atoms with van der Waals surface area (Å²) in [5.41, 5.74) is 6.72. The molecule has 0 saturated heterocycles. The molecule has 2 atom stereocenters. The second-order valence-electron chi connectivity index (χ2n) is 7.84. The topological polar surface area (TPSA) is 84.2 Å². The van der Waals surface area contributed by atoms with Gasteiger partial charge in [-0.1, -0.05) is 56.3 Å². The Morgan fingerprint density at radius 2 is 1.78 bits per heavy atom. The Hall–Kier alpha value is -2.40. The zero-order valence-electron chi connectivity index (χ0n) is 16.1. The van der Waals surface area contributed by atoms with Gasteiger partial charge in [0.2, 0.25) is 11.8 Å². The van der Waals surface area contributed by atoms with Gasteiger partial charge in [-0.25, -0.2) is 0 Å². The van der Waals surface area contributed by atoms with E-state index < -0.39 is 6.04 Å². The molecule has 4 N–H and O–H groups in total. The van der Waals surface area contributed by atoms with Crippen LogP contribution in [0.3, 0.4) is 0 Å². The summed E-state index contributed by atoms with van der Waals surface area (Å²) >= 11 is 0. The number of carbonyl (C=O) groups is 2. The maximum Gasteiger partial charge on any atom is 0.243 e. The first-order valence-electron chi connectivity index (χ1n) is 9.75. The third kappa shape index (κ3) is 5.07. The van der Waals surface area contributed by atoms with Crippen LogP contribution in [0.1, 0.15) is 32.3 Å². The molecule has 144 valence electrons. The predicted molar refractivity (Wildman–Crippen MR) is 108 cm³/mol. The molecular formula is C22H29N3O2. The summed E-state index contributed by atoms with van der Waals surface area (Å²) < 4.78 is 0. The van der Waals surface area contributed by atoms with Crippen molar-refractivity contribution in [2.45, 2.75) is 45.2 Å². The van der Waals surface area contributed by atoms with Crippen LogP contribution in [-0.2, 0) is 16.0 Å². The van der Waals surface area contributed by atoms with Crippen molar-refractivity contribution >= 4 is 22.6 Å². The average molecular weight is 367 g/mol. The molecule has 2 aromatic carbocycles. The smallest absolute Gasteiger partial charge is 0.243 e. The quantitative estimate of drug-likeness (QED) is 0.670. The summed E-state index contributed by atoms with van der Waals surface area (Å²) in [6.07, 6.45) is 2.48. The van der Waals surface area contributed by atoms with Crippen molar-refractivity contribution in [2.24, 2.45) is 17.6 Å². The van der Waals surface area contributed by atoms with Crippen molar-refractivity contribution in [3.63, 3.8) is 0 Å². The summed E-state index contributed by atoms with van der Waals surface area (Å²) in [4.78, 5) is 25.2. The fourth-order valence-electron chi connectivity index (χ4n) is 3.43. The Kier molecular flexibility index (Phi) is 6.11. The van der Waals surface area contributed by atoms with Gasteiger partial charge in [-0.15, -0.1) is 0 Å². The molecule has 2 amide bonds. The minimum absolute atomic E-state index is 0.00295. The minimum Gasteiger partial charge on any atom is -0.350 e. The van der Waals surface area contributed by atoms with Crippen LogP contribution in [0.4, 0.5) is 0 Å². The number of hydrogen-bond acceptors (Lipinski definition) is 3. The van der Waals surface area contributed by atoms with Gasteiger partial charge in [0.1, 0.15) is 6.04 Å². The maximum atomic E-state index is 12.7. The molecule has 1 fully saturated rings. The molecule has 27 heavy (non-hydrogen) atoms. The summed E-state index contributed by atoms with van der Waals surface area (Å²) in [7, 11) is 0. The Morgan fingerprint density at radius 1 is 1.07 bits per heavy atom. The molecule has 2 aromatic rings. The number of hydrogen-bond donors (Lipinski definition) is 3. The SMILES string of the molecule is CC(C)C(NC(=O)Cc1ccc2ccccc2c1)C(=O)NC(CN)C1CC1. The first-order valence-corrected chi connectivity index (χ1v) is 9.75. The van der Waals surface area contributed by atoms with Crippen molar-refractivity contribution in [1.82, 2.24) is 10.6 Å². The number of fused-ring (bicyclic) bond motifs is 1. The second-order valence-corrected chi connectivity index (χ2v) is 7.84. The molecule has 2 unspecified atom stereocenters. The lowest BCUT2D eigenvalue weighted by Gasteiger charge is -2.25. The first kappa shape index (κ1) is 19.4. The van der Waals surface area contributed by atoms with Crippen LogP contribution in [0.15, 0.2) is 42.5 Å². The zero-order valence-corrected chi connectivity index (χ0v) is 16.1. The van der Waals surface area contributed by atoms with Gasteiger partial charge >= 0.3 is 0 Å². The minimum atomic E-state index is -0.550. The fraction of sp³-hybridized carbons (Fsp3) is 0.455. The van der Waals surface area contributed by atoms with Crippen LogP contribution in [-0.4, -0.2) is 30.4 Å². The Bertz CT molecular complexity index is 814. The predicted octanol–water partition coefficient (Wildman–Crippen LogP) is 2.38. The van der Waals surface area contributed by atoms with E-state index in [-0.39, 0.29) is 30.2 Å². The molecule has 0 aliphatic heterocycles. The lowest BCUT2D eigenvalue weighted by atomic mass is 10.0. The van der Waals surface area contributed by atoms with E-state index in [1.807, 2.05) is 56.3 Å². The van der Waals surface area contributed by atoms with Crippen LogP contribution in [0, 0.1) is 11.8 Å². The van der Waals surface area contributed by atoms with Gasteiger partial charge in [0.15, 0.2) is 0 Å². The summed E-state index contributed by atoms with van der Waals surface area (Å²) in [6, 6.07) is 13.5. The monoisotopic (exact) mass is 367 g/mol. The molecule has 1 aliphatic rings. The van der Waals surface area contributed by atoms with Gasteiger partial charge in [0.05, 0.1) is 6.42 Å². The van der Waals surface area contributed by atoms with E-state index in [2.05, 4.69) is 10.6 Å². The van der Waals surface area contributed by atoms with E-state index in [0.717, 1.165) is 29.2 Å². The van der Waals surface area contributed by atoms with Crippen LogP contribution in [0.5, 0.6) is 0 Å². The number of amides is 2. The first-order chi connectivity index (χ1) is 13.0. The van der Waals surface area contributed by atoms with E-state index in [1.54, 1.807) is 0 Å².